The van der Waals surface area contributed by atoms with Gasteiger partial charge in [0, 0.05) is 20.0 Å². The Hall–Kier alpha value is -1.81. The first-order valence-electron chi connectivity index (χ1n) is 9.10. The van der Waals surface area contributed by atoms with Crippen LogP contribution in [0.3, 0.4) is 0 Å². The quantitative estimate of drug-likeness (QED) is 0.659. The fourth-order valence-corrected chi connectivity index (χ4v) is 7.03. The molecule has 2 aromatic heterocycles. The number of hydrogen-bond donors (Lipinski definition) is 1. The van der Waals surface area contributed by atoms with Crippen molar-refractivity contribution in [1.82, 2.24) is 9.29 Å². The number of fused-ring (bicyclic) bond motifs is 1. The number of aromatic nitrogens is 1. The van der Waals surface area contributed by atoms with E-state index in [4.69, 9.17) is 0 Å². The Kier molecular flexibility index (Phi) is 5.26. The summed E-state index contributed by atoms with van der Waals surface area (Å²) in [5.41, 5.74) is 2.63. The normalized spacial score (nSPS) is 16.5. The van der Waals surface area contributed by atoms with Gasteiger partial charge in [0.05, 0.1) is 10.2 Å². The van der Waals surface area contributed by atoms with Crippen LogP contribution in [0, 0.1) is 5.92 Å². The lowest BCUT2D eigenvalue weighted by molar-refractivity contribution is -0.114. The van der Waals surface area contributed by atoms with E-state index in [0.717, 1.165) is 34.2 Å². The molecule has 4 rings (SSSR count). The van der Waals surface area contributed by atoms with Gasteiger partial charge in [0.15, 0.2) is 5.13 Å². The molecule has 1 aromatic carbocycles. The standard InChI is InChI=1S/C19H21N3O3S3/c1-12-5-7-22(8-6-12)28(24,25)18-10-15(11-26-18)14-3-4-16-17(9-14)27-19(21-16)20-13(2)23/h3-4,9-12H,5-8H2,1-2H3,(H,20,21,23). The average Bonchev–Trinajstić information content (AvgIpc) is 3.27. The first kappa shape index (κ1) is 19.5. The Balaban J connectivity index is 1.60. The Morgan fingerprint density at radius 1 is 1.21 bits per heavy atom. The van der Waals surface area contributed by atoms with Gasteiger partial charge in [-0.1, -0.05) is 24.3 Å². The van der Waals surface area contributed by atoms with Crippen LogP contribution < -0.4 is 5.32 Å². The van der Waals surface area contributed by atoms with Gasteiger partial charge >= 0.3 is 0 Å². The summed E-state index contributed by atoms with van der Waals surface area (Å²) in [7, 11) is -3.43. The van der Waals surface area contributed by atoms with Crippen molar-refractivity contribution >= 4 is 54.0 Å². The van der Waals surface area contributed by atoms with Crippen LogP contribution in [0.25, 0.3) is 21.3 Å². The minimum absolute atomic E-state index is 0.154. The van der Waals surface area contributed by atoms with Crippen molar-refractivity contribution in [1.29, 1.82) is 0 Å². The number of anilines is 1. The Bertz CT molecular complexity index is 1130. The first-order valence-corrected chi connectivity index (χ1v) is 12.2. The highest BCUT2D eigenvalue weighted by molar-refractivity contribution is 7.91. The highest BCUT2D eigenvalue weighted by Crippen LogP contribution is 2.35. The number of thiazole rings is 1. The third-order valence-corrected chi connectivity index (χ3v) is 9.16. The van der Waals surface area contributed by atoms with Crippen LogP contribution in [0.5, 0.6) is 0 Å². The third-order valence-electron chi connectivity index (χ3n) is 4.92. The molecule has 28 heavy (non-hydrogen) atoms. The molecule has 1 fully saturated rings. The van der Waals surface area contributed by atoms with E-state index in [1.54, 1.807) is 10.4 Å². The number of carbonyl (C=O) groups excluding carboxylic acids is 1. The maximum absolute atomic E-state index is 12.9. The topological polar surface area (TPSA) is 79.4 Å². The molecule has 0 unspecified atom stereocenters. The zero-order valence-corrected chi connectivity index (χ0v) is 18.1. The van der Waals surface area contributed by atoms with E-state index in [1.807, 2.05) is 23.6 Å². The number of nitrogens with zero attached hydrogens (tertiary/aromatic N) is 2. The smallest absolute Gasteiger partial charge is 0.252 e. The van der Waals surface area contributed by atoms with Gasteiger partial charge < -0.3 is 5.32 Å². The van der Waals surface area contributed by atoms with Crippen molar-refractivity contribution in [3.05, 3.63) is 29.6 Å². The van der Waals surface area contributed by atoms with Crippen molar-refractivity contribution in [3.63, 3.8) is 0 Å². The maximum Gasteiger partial charge on any atom is 0.252 e. The van der Waals surface area contributed by atoms with Gasteiger partial charge in [0.1, 0.15) is 4.21 Å². The molecule has 1 N–H and O–H groups in total. The number of carbonyl (C=O) groups is 1. The molecule has 0 atom stereocenters. The number of thiophene rings is 1. The number of piperidine rings is 1. The van der Waals surface area contributed by atoms with Gasteiger partial charge in [-0.05, 0) is 53.5 Å². The molecule has 1 aliphatic heterocycles. The number of hydrogen-bond acceptors (Lipinski definition) is 6. The van der Waals surface area contributed by atoms with Crippen LogP contribution in [-0.2, 0) is 14.8 Å². The molecule has 148 valence electrons. The van der Waals surface area contributed by atoms with Gasteiger partial charge in [-0.25, -0.2) is 13.4 Å². The van der Waals surface area contributed by atoms with Crippen molar-refractivity contribution in [2.75, 3.05) is 18.4 Å². The third kappa shape index (κ3) is 3.84. The van der Waals surface area contributed by atoms with Crippen LogP contribution in [-0.4, -0.2) is 36.7 Å². The van der Waals surface area contributed by atoms with Gasteiger partial charge in [0.2, 0.25) is 5.91 Å². The zero-order chi connectivity index (χ0) is 19.9. The second kappa shape index (κ2) is 7.55. The summed E-state index contributed by atoms with van der Waals surface area (Å²) in [6.45, 7) is 4.80. The van der Waals surface area contributed by atoms with Gasteiger partial charge in [-0.2, -0.15) is 4.31 Å². The monoisotopic (exact) mass is 435 g/mol. The molecule has 1 amide bonds. The number of amides is 1. The number of rotatable bonds is 4. The maximum atomic E-state index is 12.9. The van der Waals surface area contributed by atoms with Crippen LogP contribution in [0.15, 0.2) is 33.9 Å². The Morgan fingerprint density at radius 3 is 2.68 bits per heavy atom. The lowest BCUT2D eigenvalue weighted by Gasteiger charge is -2.28. The van der Waals surface area contributed by atoms with E-state index in [2.05, 4.69) is 17.2 Å². The minimum Gasteiger partial charge on any atom is -0.302 e. The van der Waals surface area contributed by atoms with Crippen molar-refractivity contribution in [3.8, 4) is 11.1 Å². The summed E-state index contributed by atoms with van der Waals surface area (Å²) in [5, 5.41) is 5.15. The molecule has 6 nitrogen and oxygen atoms in total. The Morgan fingerprint density at radius 2 is 1.96 bits per heavy atom. The van der Waals surface area contributed by atoms with Crippen LogP contribution >= 0.6 is 22.7 Å². The molecular weight excluding hydrogens is 414 g/mol. The van der Waals surface area contributed by atoms with E-state index in [0.29, 0.717) is 28.3 Å². The SMILES string of the molecule is CC(=O)Nc1nc2ccc(-c3csc(S(=O)(=O)N4CCC(C)CC4)c3)cc2s1. The fourth-order valence-electron chi connectivity index (χ4n) is 3.26. The molecule has 1 saturated heterocycles. The van der Waals surface area contributed by atoms with E-state index < -0.39 is 10.0 Å². The number of nitrogens with one attached hydrogen (secondary N) is 1. The largest absolute Gasteiger partial charge is 0.302 e. The lowest BCUT2D eigenvalue weighted by Crippen LogP contribution is -2.37. The lowest BCUT2D eigenvalue weighted by atomic mass is 10.0. The van der Waals surface area contributed by atoms with Gasteiger partial charge in [0.25, 0.3) is 10.0 Å². The number of benzene rings is 1. The van der Waals surface area contributed by atoms with Crippen LogP contribution in [0.2, 0.25) is 0 Å². The Labute approximate surface area is 172 Å². The van der Waals surface area contributed by atoms with Crippen LogP contribution in [0.1, 0.15) is 26.7 Å². The zero-order valence-electron chi connectivity index (χ0n) is 15.6. The second-order valence-electron chi connectivity index (χ2n) is 7.12. The van der Waals surface area contributed by atoms with Crippen LogP contribution in [0.4, 0.5) is 5.13 Å². The summed E-state index contributed by atoms with van der Waals surface area (Å²) in [4.78, 5) is 15.6. The summed E-state index contributed by atoms with van der Waals surface area (Å²) >= 11 is 2.67. The molecule has 0 saturated carbocycles. The molecule has 0 spiro atoms. The highest BCUT2D eigenvalue weighted by atomic mass is 32.2. The predicted octanol–water partition coefficient (Wildman–Crippen LogP) is 4.40. The van der Waals surface area contributed by atoms with E-state index >= 15 is 0 Å². The molecule has 3 heterocycles. The summed E-state index contributed by atoms with van der Waals surface area (Å²) in [6, 6.07) is 7.57. The molecule has 1 aliphatic rings. The van der Waals surface area contributed by atoms with E-state index in [9.17, 15) is 13.2 Å². The molecular formula is C19H21N3O3S3. The summed E-state index contributed by atoms with van der Waals surface area (Å²) in [5.74, 6) is 0.429. The molecule has 0 bridgehead atoms. The summed E-state index contributed by atoms with van der Waals surface area (Å²) < 4.78 is 28.8. The second-order valence-corrected chi connectivity index (χ2v) is 11.2. The van der Waals surface area contributed by atoms with E-state index in [-0.39, 0.29) is 5.91 Å². The van der Waals surface area contributed by atoms with Crippen molar-refractivity contribution < 1.29 is 13.2 Å². The van der Waals surface area contributed by atoms with Gasteiger partial charge in [-0.3, -0.25) is 4.79 Å². The average molecular weight is 436 g/mol. The van der Waals surface area contributed by atoms with E-state index in [1.165, 1.54) is 29.6 Å². The predicted molar refractivity (Wildman–Crippen MR) is 114 cm³/mol. The minimum atomic E-state index is -3.43. The van der Waals surface area contributed by atoms with Gasteiger partial charge in [-0.15, -0.1) is 11.3 Å². The number of sulfonamides is 1. The molecule has 0 aliphatic carbocycles. The molecule has 0 radical (unpaired) electrons. The van der Waals surface area contributed by atoms with Crippen molar-refractivity contribution in [2.24, 2.45) is 5.92 Å². The van der Waals surface area contributed by atoms with Crippen molar-refractivity contribution in [2.45, 2.75) is 30.9 Å². The highest BCUT2D eigenvalue weighted by Gasteiger charge is 2.29. The fraction of sp³-hybridized carbons (Fsp3) is 0.368. The molecule has 9 heteroatoms. The molecule has 3 aromatic rings. The summed E-state index contributed by atoms with van der Waals surface area (Å²) in [6.07, 6.45) is 1.83. The first-order chi connectivity index (χ1) is 13.3.